The zero-order valence-electron chi connectivity index (χ0n) is 10.4. The molecule has 0 amide bonds. The van der Waals surface area contributed by atoms with Crippen molar-refractivity contribution >= 4 is 5.69 Å². The molecular weight excluding hydrogens is 259 g/mol. The molecule has 1 aliphatic rings. The Morgan fingerprint density at radius 2 is 1.79 bits per heavy atom. The highest BCUT2D eigenvalue weighted by Gasteiger charge is 2.28. The molecule has 0 saturated carbocycles. The summed E-state index contributed by atoms with van der Waals surface area (Å²) >= 11 is 0. The van der Waals surface area contributed by atoms with Gasteiger partial charge in [0, 0.05) is 24.9 Å². The summed E-state index contributed by atoms with van der Waals surface area (Å²) in [4.78, 5) is 0. The largest absolute Gasteiger partial charge is 0.484 e. The first-order chi connectivity index (χ1) is 9.03. The van der Waals surface area contributed by atoms with E-state index in [9.17, 15) is 13.2 Å². The summed E-state index contributed by atoms with van der Waals surface area (Å²) < 4.78 is 45.8. The van der Waals surface area contributed by atoms with Crippen molar-refractivity contribution in [2.45, 2.75) is 25.1 Å². The van der Waals surface area contributed by atoms with E-state index in [1.165, 1.54) is 12.1 Å². The number of anilines is 1. The first-order valence-corrected chi connectivity index (χ1v) is 6.17. The predicted octanol–water partition coefficient (Wildman–Crippen LogP) is 3.22. The first-order valence-electron chi connectivity index (χ1n) is 6.17. The van der Waals surface area contributed by atoms with Gasteiger partial charge in [-0.05, 0) is 37.1 Å². The molecule has 1 N–H and O–H groups in total. The Morgan fingerprint density at radius 1 is 1.16 bits per heavy atom. The molecule has 1 fully saturated rings. The van der Waals surface area contributed by atoms with E-state index in [1.54, 1.807) is 12.1 Å². The lowest BCUT2D eigenvalue weighted by Gasteiger charge is -2.24. The SMILES string of the molecule is FC(F)(F)COc1ccc(NC2CCOCC2)cc1. The molecule has 1 aromatic carbocycles. The van der Waals surface area contributed by atoms with Gasteiger partial charge in [-0.2, -0.15) is 13.2 Å². The van der Waals surface area contributed by atoms with E-state index in [0.717, 1.165) is 31.7 Å². The van der Waals surface area contributed by atoms with E-state index in [0.29, 0.717) is 6.04 Å². The highest BCUT2D eigenvalue weighted by Crippen LogP contribution is 2.21. The Kier molecular flexibility index (Phi) is 4.52. The fourth-order valence-corrected chi connectivity index (χ4v) is 1.89. The molecule has 0 aliphatic carbocycles. The second-order valence-corrected chi connectivity index (χ2v) is 4.46. The van der Waals surface area contributed by atoms with Gasteiger partial charge >= 0.3 is 6.18 Å². The molecule has 1 aromatic rings. The molecular formula is C13H16F3NO2. The molecule has 19 heavy (non-hydrogen) atoms. The average molecular weight is 275 g/mol. The van der Waals surface area contributed by atoms with Crippen LogP contribution in [0.5, 0.6) is 5.75 Å². The van der Waals surface area contributed by atoms with E-state index in [2.05, 4.69) is 10.1 Å². The van der Waals surface area contributed by atoms with Crippen LogP contribution in [-0.4, -0.2) is 32.0 Å². The third-order valence-electron chi connectivity index (χ3n) is 2.85. The maximum absolute atomic E-state index is 12.0. The third kappa shape index (κ3) is 4.98. The standard InChI is InChI=1S/C13H16F3NO2/c14-13(15,16)9-19-12-3-1-10(2-4-12)17-11-5-7-18-8-6-11/h1-4,11,17H,5-9H2. The van der Waals surface area contributed by atoms with E-state index >= 15 is 0 Å². The van der Waals surface area contributed by atoms with Crippen LogP contribution in [0, 0.1) is 0 Å². The van der Waals surface area contributed by atoms with Crippen LogP contribution in [0.3, 0.4) is 0 Å². The van der Waals surface area contributed by atoms with E-state index < -0.39 is 12.8 Å². The van der Waals surface area contributed by atoms with Gasteiger partial charge < -0.3 is 14.8 Å². The minimum Gasteiger partial charge on any atom is -0.484 e. The predicted molar refractivity (Wildman–Crippen MR) is 65.5 cm³/mol. The van der Waals surface area contributed by atoms with Crippen molar-refractivity contribution in [3.8, 4) is 5.75 Å². The van der Waals surface area contributed by atoms with Crippen molar-refractivity contribution in [2.24, 2.45) is 0 Å². The zero-order valence-corrected chi connectivity index (χ0v) is 10.4. The van der Waals surface area contributed by atoms with Gasteiger partial charge in [0.1, 0.15) is 5.75 Å². The summed E-state index contributed by atoms with van der Waals surface area (Å²) in [6.07, 6.45) is -2.43. The second-order valence-electron chi connectivity index (χ2n) is 4.46. The van der Waals surface area contributed by atoms with E-state index in [1.807, 2.05) is 0 Å². The Bertz CT molecular complexity index is 386. The van der Waals surface area contributed by atoms with Crippen LogP contribution in [0.1, 0.15) is 12.8 Å². The number of ether oxygens (including phenoxy) is 2. The summed E-state index contributed by atoms with van der Waals surface area (Å²) in [6, 6.07) is 6.87. The van der Waals surface area contributed by atoms with Gasteiger partial charge in [-0.15, -0.1) is 0 Å². The van der Waals surface area contributed by atoms with E-state index in [-0.39, 0.29) is 5.75 Å². The molecule has 1 aliphatic heterocycles. The molecule has 6 heteroatoms. The van der Waals surface area contributed by atoms with Crippen LogP contribution in [0.2, 0.25) is 0 Å². The number of hydrogen-bond acceptors (Lipinski definition) is 3. The monoisotopic (exact) mass is 275 g/mol. The van der Waals surface area contributed by atoms with Crippen molar-refractivity contribution in [3.05, 3.63) is 24.3 Å². The number of alkyl halides is 3. The van der Waals surface area contributed by atoms with Crippen molar-refractivity contribution < 1.29 is 22.6 Å². The van der Waals surface area contributed by atoms with Crippen LogP contribution < -0.4 is 10.1 Å². The fraction of sp³-hybridized carbons (Fsp3) is 0.538. The van der Waals surface area contributed by atoms with Gasteiger partial charge in [-0.1, -0.05) is 0 Å². The van der Waals surface area contributed by atoms with Crippen LogP contribution in [0.25, 0.3) is 0 Å². The van der Waals surface area contributed by atoms with Crippen molar-refractivity contribution in [1.29, 1.82) is 0 Å². The Balaban J connectivity index is 1.83. The zero-order chi connectivity index (χ0) is 13.7. The summed E-state index contributed by atoms with van der Waals surface area (Å²) in [5.74, 6) is 0.217. The maximum atomic E-state index is 12.0. The summed E-state index contributed by atoms with van der Waals surface area (Å²) in [5, 5.41) is 3.32. The minimum absolute atomic E-state index is 0.217. The summed E-state index contributed by atoms with van der Waals surface area (Å²) in [7, 11) is 0. The lowest BCUT2D eigenvalue weighted by atomic mass is 10.1. The lowest BCUT2D eigenvalue weighted by Crippen LogP contribution is -2.27. The Morgan fingerprint density at radius 3 is 2.37 bits per heavy atom. The van der Waals surface area contributed by atoms with Crippen molar-refractivity contribution in [2.75, 3.05) is 25.1 Å². The smallest absolute Gasteiger partial charge is 0.422 e. The number of nitrogens with one attached hydrogen (secondary N) is 1. The molecule has 2 rings (SSSR count). The van der Waals surface area contributed by atoms with Crippen molar-refractivity contribution in [3.63, 3.8) is 0 Å². The molecule has 0 aromatic heterocycles. The van der Waals surface area contributed by atoms with Crippen LogP contribution in [-0.2, 0) is 4.74 Å². The molecule has 0 spiro atoms. The lowest BCUT2D eigenvalue weighted by molar-refractivity contribution is -0.153. The van der Waals surface area contributed by atoms with Crippen LogP contribution in [0.15, 0.2) is 24.3 Å². The van der Waals surface area contributed by atoms with Gasteiger partial charge in [0.25, 0.3) is 0 Å². The molecule has 0 radical (unpaired) electrons. The molecule has 0 atom stereocenters. The molecule has 0 unspecified atom stereocenters. The highest BCUT2D eigenvalue weighted by atomic mass is 19.4. The van der Waals surface area contributed by atoms with Gasteiger partial charge in [0.05, 0.1) is 0 Å². The number of rotatable bonds is 4. The van der Waals surface area contributed by atoms with Gasteiger partial charge in [0.2, 0.25) is 0 Å². The minimum atomic E-state index is -4.31. The van der Waals surface area contributed by atoms with Crippen LogP contribution in [0.4, 0.5) is 18.9 Å². The second kappa shape index (κ2) is 6.14. The third-order valence-corrected chi connectivity index (χ3v) is 2.85. The molecule has 106 valence electrons. The average Bonchev–Trinajstić information content (AvgIpc) is 2.38. The molecule has 1 heterocycles. The van der Waals surface area contributed by atoms with Gasteiger partial charge in [-0.3, -0.25) is 0 Å². The fourth-order valence-electron chi connectivity index (χ4n) is 1.89. The number of benzene rings is 1. The van der Waals surface area contributed by atoms with Crippen LogP contribution >= 0.6 is 0 Å². The summed E-state index contributed by atoms with van der Waals surface area (Å²) in [6.45, 7) is 0.217. The highest BCUT2D eigenvalue weighted by molar-refractivity contribution is 5.47. The number of hydrogen-bond donors (Lipinski definition) is 1. The first kappa shape index (κ1) is 14.0. The number of halogens is 3. The molecule has 1 saturated heterocycles. The Labute approximate surface area is 109 Å². The van der Waals surface area contributed by atoms with Gasteiger partial charge in [0.15, 0.2) is 6.61 Å². The van der Waals surface area contributed by atoms with Crippen molar-refractivity contribution in [1.82, 2.24) is 0 Å². The Hall–Kier alpha value is -1.43. The van der Waals surface area contributed by atoms with E-state index in [4.69, 9.17) is 4.74 Å². The molecule has 3 nitrogen and oxygen atoms in total. The normalized spacial score (nSPS) is 17.2. The molecule has 0 bridgehead atoms. The summed E-state index contributed by atoms with van der Waals surface area (Å²) in [5.41, 5.74) is 0.881. The maximum Gasteiger partial charge on any atom is 0.422 e. The van der Waals surface area contributed by atoms with Gasteiger partial charge in [-0.25, -0.2) is 0 Å². The topological polar surface area (TPSA) is 30.5 Å². The quantitative estimate of drug-likeness (QED) is 0.915.